The Morgan fingerprint density at radius 1 is 0.820 bits per heavy atom. The first kappa shape index (κ1) is 66.3. The zero-order chi connectivity index (χ0) is 65.8. The second kappa shape index (κ2) is 28.4. The number of aliphatic hydroxyl groups is 6. The lowest BCUT2D eigenvalue weighted by Crippen LogP contribution is -2.61. The third-order valence-electron chi connectivity index (χ3n) is 16.1. The molecule has 33 nitrogen and oxygen atoms in total. The van der Waals surface area contributed by atoms with Crippen molar-refractivity contribution in [3.05, 3.63) is 51.6 Å². The Morgan fingerprint density at radius 3 is 2.22 bits per heavy atom. The standard InChI is InChI=1S/C56H75N7O26/c1-23(2)40(62-32(66)11-12-57-33(67)19-60-31(65)9-10-34(68)69)50(78)61-27(21-85-52-47(76)46(75)43(72)30(20-64)87-52)49(77)58-13-14-59-54(79)55(80)18-26-39(45(74)38-37(42(26)71)41(70)25-7-6-8-29(82-4)36(25)44(38)73)56(81,22-55)89-35-17-28-48(24(3)86-35)88-51-53(83-5)84-16-15-63(28)51/h6-8,23-24,27-28,30,35,40,43,46-48,51-53,64,71-72,74-76,80-81H,9-22H2,1-5H3,(H,57,67)(H,58,77)(H,59,79)(H,60,65)(H,61,78)(H,62,66)(H,68,69)/t24-,27?,28-,30+,35-,40-,43+,46-,47+,48+,51+,52+,53-,55-,56-/m0/s1/i9T/t9?,24-,27?,28-,30+,35-,40-,43+,46-,47+,48+,51+,52+,53-,55-,56-. The third kappa shape index (κ3) is 14.4. The van der Waals surface area contributed by atoms with Gasteiger partial charge >= 0.3 is 5.97 Å². The van der Waals surface area contributed by atoms with E-state index in [1.54, 1.807) is 6.92 Å². The number of carbonyl (C=O) groups excluding carboxylic acids is 8. The maximum absolute atomic E-state index is 14.5. The fraction of sp³-hybridized carbons (Fsp3) is 0.625. The number of ether oxygens (including phenoxy) is 8. The number of hydrogen-bond acceptors (Lipinski definition) is 26. The molecule has 2 aromatic rings. The molecule has 2 unspecified atom stereocenters. The maximum Gasteiger partial charge on any atom is 0.303 e. The van der Waals surface area contributed by atoms with Crippen LogP contribution in [0.4, 0.5) is 0 Å². The largest absolute Gasteiger partial charge is 0.507 e. The molecule has 0 bridgehead atoms. The smallest absolute Gasteiger partial charge is 0.303 e. The van der Waals surface area contributed by atoms with Crippen LogP contribution in [-0.2, 0) is 78.9 Å². The molecule has 0 radical (unpaired) electrons. The van der Waals surface area contributed by atoms with Gasteiger partial charge in [-0.05, 0) is 18.9 Å². The number of carbonyl (C=O) groups is 9. The molecule has 490 valence electrons. The lowest BCUT2D eigenvalue weighted by atomic mass is 9.71. The highest BCUT2D eigenvalue weighted by atomic mass is 16.8. The minimum atomic E-state index is -3.03. The number of phenolic OH excluding ortho intramolecular Hbond substituents is 2. The number of aliphatic hydroxyl groups excluding tert-OH is 4. The molecular weight excluding hydrogens is 1190 g/mol. The maximum atomic E-state index is 14.5. The number of methoxy groups -OCH3 is 2. The van der Waals surface area contributed by atoms with Gasteiger partial charge in [0.2, 0.25) is 41.1 Å². The summed E-state index contributed by atoms with van der Waals surface area (Å²) in [6.07, 6.45) is -18.1. The number of ketones is 2. The van der Waals surface area contributed by atoms with E-state index in [1.807, 2.05) is 4.90 Å². The van der Waals surface area contributed by atoms with Gasteiger partial charge in [-0.1, -0.05) is 26.0 Å². The molecule has 4 aliphatic heterocycles. The average Bonchev–Trinajstić information content (AvgIpc) is 0.797. The summed E-state index contributed by atoms with van der Waals surface area (Å²) >= 11 is 0. The van der Waals surface area contributed by atoms with Crippen LogP contribution < -0.4 is 36.6 Å². The molecule has 4 saturated heterocycles. The van der Waals surface area contributed by atoms with E-state index < -0.39 is 249 Å². The third-order valence-corrected chi connectivity index (χ3v) is 16.1. The van der Waals surface area contributed by atoms with Gasteiger partial charge in [-0.15, -0.1) is 0 Å². The Bertz CT molecular complexity index is 3080. The van der Waals surface area contributed by atoms with E-state index in [1.165, 1.54) is 46.3 Å². The molecule has 89 heavy (non-hydrogen) atoms. The molecule has 6 aliphatic rings. The van der Waals surface area contributed by atoms with Crippen molar-refractivity contribution in [1.82, 2.24) is 36.8 Å². The second-order valence-electron chi connectivity index (χ2n) is 22.5. The molecule has 6 amide bonds. The quantitative estimate of drug-likeness (QED) is 0.0214. The van der Waals surface area contributed by atoms with Crippen LogP contribution in [0.1, 0.15) is 97.2 Å². The molecule has 4 heterocycles. The van der Waals surface area contributed by atoms with E-state index in [0.29, 0.717) is 6.54 Å². The van der Waals surface area contributed by atoms with Crippen molar-refractivity contribution in [3.8, 4) is 17.2 Å². The van der Waals surface area contributed by atoms with Crippen LogP contribution in [0.3, 0.4) is 0 Å². The van der Waals surface area contributed by atoms with Gasteiger partial charge in [0, 0.05) is 83.9 Å². The van der Waals surface area contributed by atoms with Crippen molar-refractivity contribution in [1.29, 1.82) is 0 Å². The van der Waals surface area contributed by atoms with E-state index in [9.17, 15) is 84.0 Å². The van der Waals surface area contributed by atoms with Gasteiger partial charge in [0.05, 0.1) is 68.3 Å². The summed E-state index contributed by atoms with van der Waals surface area (Å²) in [6, 6.07) is 0.479. The van der Waals surface area contributed by atoms with Crippen LogP contribution in [0, 0.1) is 5.92 Å². The Balaban J connectivity index is 0.985. The Labute approximate surface area is 508 Å². The number of amides is 6. The number of aromatic hydroxyl groups is 2. The van der Waals surface area contributed by atoms with Crippen molar-refractivity contribution in [2.24, 2.45) is 5.92 Å². The van der Waals surface area contributed by atoms with Crippen molar-refractivity contribution in [3.63, 3.8) is 0 Å². The number of fused-ring (bicyclic) bond motifs is 6. The molecule has 4 fully saturated rings. The monoisotopic (exact) mass is 1260 g/mol. The number of morpholine rings is 1. The Kier molecular flexibility index (Phi) is 21.2. The van der Waals surface area contributed by atoms with Gasteiger partial charge in [-0.25, -0.2) is 0 Å². The summed E-state index contributed by atoms with van der Waals surface area (Å²) < 4.78 is 54.1. The van der Waals surface area contributed by atoms with Crippen LogP contribution in [0.5, 0.6) is 17.2 Å². The number of benzene rings is 2. The van der Waals surface area contributed by atoms with E-state index in [2.05, 4.69) is 31.9 Å². The lowest BCUT2D eigenvalue weighted by molar-refractivity contribution is -0.339. The van der Waals surface area contributed by atoms with Gasteiger partial charge in [-0.2, -0.15) is 0 Å². The Morgan fingerprint density at radius 2 is 1.54 bits per heavy atom. The number of carboxylic acid groups (broad SMARTS) is 1. The average molecular weight is 1260 g/mol. The van der Waals surface area contributed by atoms with E-state index in [-0.39, 0.29) is 36.4 Å². The van der Waals surface area contributed by atoms with Crippen LogP contribution >= 0.6 is 0 Å². The first-order valence-electron chi connectivity index (χ1n) is 29.1. The number of hydrogen-bond donors (Lipinski definition) is 15. The van der Waals surface area contributed by atoms with Gasteiger partial charge in [0.25, 0.3) is 5.91 Å². The van der Waals surface area contributed by atoms with Crippen molar-refractivity contribution in [2.45, 2.75) is 151 Å². The molecule has 0 aromatic heterocycles. The van der Waals surface area contributed by atoms with Crippen LogP contribution in [0.2, 0.25) is 0 Å². The van der Waals surface area contributed by atoms with Crippen molar-refractivity contribution >= 4 is 53.0 Å². The summed E-state index contributed by atoms with van der Waals surface area (Å²) in [7, 11) is 2.70. The summed E-state index contributed by atoms with van der Waals surface area (Å²) in [5, 5.41) is 114. The van der Waals surface area contributed by atoms with Crippen LogP contribution in [0.15, 0.2) is 18.2 Å². The number of nitrogens with zero attached hydrogens (tertiary/aromatic N) is 1. The van der Waals surface area contributed by atoms with Gasteiger partial charge in [-0.3, -0.25) is 48.1 Å². The summed E-state index contributed by atoms with van der Waals surface area (Å²) in [5.74, 6) is -15.0. The van der Waals surface area contributed by atoms with Crippen molar-refractivity contribution in [2.75, 3.05) is 66.8 Å². The van der Waals surface area contributed by atoms with Gasteiger partial charge < -0.3 is 116 Å². The summed E-state index contributed by atoms with van der Waals surface area (Å²) in [4.78, 5) is 121. The SMILES string of the molecule is [3H]C(CC(=O)O)C(=O)NCC(=O)NCCC(=O)N[C@H](C(=O)NC(CO[C@@H]1O[C@H](CO)[C@@H](O)[C@H](O)[C@H]1O)C(=O)NCCNC(=O)[C@]1(O)Cc2c(O)c3c(c(O)c2[C@@](O)(O[C@H]2C[C@H]4[C@H](O[C@@H]5[C@@H](OC)OCCN54)[C@H](C)O2)C1)C(=O)c1c(OC)cccc1C3=O)C(C)C. The fourth-order valence-electron chi connectivity index (χ4n) is 11.7. The summed E-state index contributed by atoms with van der Waals surface area (Å²) in [6.45, 7) is 1.65. The first-order valence-corrected chi connectivity index (χ1v) is 28.6. The lowest BCUT2D eigenvalue weighted by Gasteiger charge is -2.46. The van der Waals surface area contributed by atoms with Crippen LogP contribution in [0.25, 0.3) is 0 Å². The first-order chi connectivity index (χ1) is 42.6. The minimum Gasteiger partial charge on any atom is -0.507 e. The molecule has 0 saturated carbocycles. The molecule has 2 aliphatic carbocycles. The normalized spacial score (nSPS) is 29.9. The number of carboxylic acids is 1. The second-order valence-corrected chi connectivity index (χ2v) is 22.5. The molecule has 0 spiro atoms. The Hall–Kier alpha value is -7.09. The highest BCUT2D eigenvalue weighted by Crippen LogP contribution is 2.54. The molecule has 8 rings (SSSR count). The minimum absolute atomic E-state index is 0.0345. The fourth-order valence-corrected chi connectivity index (χ4v) is 11.7. The van der Waals surface area contributed by atoms with Crippen molar-refractivity contribution < 1.29 is 128 Å². The predicted molar refractivity (Wildman–Crippen MR) is 295 cm³/mol. The van der Waals surface area contributed by atoms with E-state index in [0.717, 1.165) is 0 Å². The highest BCUT2D eigenvalue weighted by Gasteiger charge is 2.59. The number of nitrogens with one attached hydrogen (secondary N) is 6. The molecule has 16 atom stereocenters. The van der Waals surface area contributed by atoms with Gasteiger partial charge in [0.1, 0.15) is 59.9 Å². The molecule has 2 aromatic carbocycles. The van der Waals surface area contributed by atoms with E-state index >= 15 is 0 Å². The van der Waals surface area contributed by atoms with E-state index in [4.69, 9.17) is 44.4 Å². The predicted octanol–water partition coefficient (Wildman–Crippen LogP) is -5.58. The highest BCUT2D eigenvalue weighted by molar-refractivity contribution is 6.31. The molecule has 33 heteroatoms. The number of rotatable bonds is 25. The van der Waals surface area contributed by atoms with Gasteiger partial charge in [0.15, 0.2) is 36.5 Å². The number of phenols is 2. The molecular formula is C56H75N7O26. The summed E-state index contributed by atoms with van der Waals surface area (Å²) in [5.41, 5.74) is -5.98. The van der Waals surface area contributed by atoms with Crippen LogP contribution in [-0.4, -0.2) is 256 Å². The topological polar surface area (TPSA) is 485 Å². The molecule has 15 N–H and O–H groups in total. The zero-order valence-corrected chi connectivity index (χ0v) is 49.0. The number of aliphatic carboxylic acids is 1. The zero-order valence-electron chi connectivity index (χ0n) is 50.0.